The van der Waals surface area contributed by atoms with Crippen LogP contribution >= 0.6 is 31.9 Å². The molecule has 1 amide bonds. The third-order valence-electron chi connectivity index (χ3n) is 2.59. The number of halogens is 2. The summed E-state index contributed by atoms with van der Waals surface area (Å²) in [6, 6.07) is 2.86. The fourth-order valence-electron chi connectivity index (χ4n) is 1.47. The van der Waals surface area contributed by atoms with Gasteiger partial charge in [0.15, 0.2) is 6.10 Å². The van der Waals surface area contributed by atoms with E-state index in [1.54, 1.807) is 6.92 Å². The molecule has 1 atom stereocenters. The third-order valence-corrected chi connectivity index (χ3v) is 3.77. The average molecular weight is 423 g/mol. The molecule has 0 aliphatic heterocycles. The van der Waals surface area contributed by atoms with Crippen molar-refractivity contribution in [2.45, 2.75) is 26.9 Å². The van der Waals surface area contributed by atoms with Gasteiger partial charge >= 0.3 is 5.97 Å². The number of nitrogens with one attached hydrogen (secondary N) is 1. The molecule has 0 bridgehead atoms. The Morgan fingerprint density at radius 3 is 2.19 bits per heavy atom. The van der Waals surface area contributed by atoms with Crippen LogP contribution in [-0.4, -0.2) is 29.6 Å². The zero-order valence-corrected chi connectivity index (χ0v) is 15.1. The van der Waals surface area contributed by atoms with E-state index in [0.29, 0.717) is 27.2 Å². The van der Waals surface area contributed by atoms with Gasteiger partial charge in [-0.05, 0) is 56.8 Å². The first-order chi connectivity index (χ1) is 9.72. The maximum atomic E-state index is 11.9. The molecule has 1 unspecified atom stereocenters. The quantitative estimate of drug-likeness (QED) is 0.736. The fraction of sp³-hybridized carbons (Fsp3) is 0.429. The van der Waals surface area contributed by atoms with Crippen LogP contribution in [0.15, 0.2) is 21.1 Å². The molecular formula is C14H17Br2NO4. The van der Waals surface area contributed by atoms with Crippen molar-refractivity contribution in [2.75, 3.05) is 6.54 Å². The number of carbonyl (C=O) groups excluding carboxylic acids is 1. The van der Waals surface area contributed by atoms with Crippen molar-refractivity contribution in [1.82, 2.24) is 5.32 Å². The summed E-state index contributed by atoms with van der Waals surface area (Å²) in [7, 11) is 0. The van der Waals surface area contributed by atoms with Gasteiger partial charge in [-0.25, -0.2) is 4.79 Å². The van der Waals surface area contributed by atoms with E-state index in [2.05, 4.69) is 37.2 Å². The van der Waals surface area contributed by atoms with Gasteiger partial charge in [0.25, 0.3) is 5.91 Å². The molecule has 0 heterocycles. The van der Waals surface area contributed by atoms with Gasteiger partial charge in [0.1, 0.15) is 5.75 Å². The highest BCUT2D eigenvalue weighted by Gasteiger charge is 2.19. The molecule has 0 spiro atoms. The zero-order valence-electron chi connectivity index (χ0n) is 11.9. The lowest BCUT2D eigenvalue weighted by Crippen LogP contribution is -2.38. The van der Waals surface area contributed by atoms with Crippen molar-refractivity contribution < 1.29 is 19.4 Å². The van der Waals surface area contributed by atoms with Crippen molar-refractivity contribution in [1.29, 1.82) is 0 Å². The minimum absolute atomic E-state index is 0.123. The summed E-state index contributed by atoms with van der Waals surface area (Å²) >= 11 is 6.51. The van der Waals surface area contributed by atoms with Crippen molar-refractivity contribution in [2.24, 2.45) is 5.92 Å². The Morgan fingerprint density at radius 1 is 1.24 bits per heavy atom. The van der Waals surface area contributed by atoms with E-state index in [9.17, 15) is 9.59 Å². The van der Waals surface area contributed by atoms with Crippen LogP contribution in [-0.2, 0) is 4.79 Å². The molecule has 1 aromatic rings. The summed E-state index contributed by atoms with van der Waals surface area (Å²) in [4.78, 5) is 22.8. The van der Waals surface area contributed by atoms with E-state index in [4.69, 9.17) is 9.84 Å². The second kappa shape index (κ2) is 7.79. The molecule has 0 saturated carbocycles. The normalized spacial score (nSPS) is 12.1. The molecule has 1 aromatic carbocycles. The first-order valence-electron chi connectivity index (χ1n) is 6.39. The number of aromatic carboxylic acids is 1. The Balaban J connectivity index is 2.83. The molecule has 21 heavy (non-hydrogen) atoms. The molecule has 2 N–H and O–H groups in total. The molecule has 0 aromatic heterocycles. The van der Waals surface area contributed by atoms with Crippen LogP contribution < -0.4 is 10.1 Å². The number of carboxylic acids is 1. The highest BCUT2D eigenvalue weighted by Crippen LogP contribution is 2.35. The SMILES string of the molecule is CC(C)CNC(=O)C(C)Oc1c(Br)cc(C(=O)O)cc1Br. The first kappa shape index (κ1) is 18.0. The van der Waals surface area contributed by atoms with Crippen LogP contribution in [0.5, 0.6) is 5.75 Å². The van der Waals surface area contributed by atoms with Crippen molar-refractivity contribution in [3.63, 3.8) is 0 Å². The summed E-state index contributed by atoms with van der Waals surface area (Å²) < 4.78 is 6.55. The predicted octanol–water partition coefficient (Wildman–Crippen LogP) is 3.45. The van der Waals surface area contributed by atoms with Crippen LogP contribution in [0.4, 0.5) is 0 Å². The fourth-order valence-corrected chi connectivity index (χ4v) is 2.85. The molecule has 0 saturated heterocycles. The van der Waals surface area contributed by atoms with Crippen molar-refractivity contribution in [3.8, 4) is 5.75 Å². The van der Waals surface area contributed by atoms with Gasteiger partial charge in [-0.3, -0.25) is 4.79 Å². The largest absolute Gasteiger partial charge is 0.479 e. The van der Waals surface area contributed by atoms with E-state index in [-0.39, 0.29) is 11.5 Å². The number of hydrogen-bond donors (Lipinski definition) is 2. The average Bonchev–Trinajstić information content (AvgIpc) is 2.39. The van der Waals surface area contributed by atoms with Crippen LogP contribution in [0.2, 0.25) is 0 Å². The number of carboxylic acid groups (broad SMARTS) is 1. The smallest absolute Gasteiger partial charge is 0.335 e. The zero-order chi connectivity index (χ0) is 16.2. The van der Waals surface area contributed by atoms with Crippen molar-refractivity contribution in [3.05, 3.63) is 26.6 Å². The van der Waals surface area contributed by atoms with Crippen LogP contribution in [0.25, 0.3) is 0 Å². The van der Waals surface area contributed by atoms with Crippen LogP contribution in [0, 0.1) is 5.92 Å². The number of rotatable bonds is 6. The minimum atomic E-state index is -1.04. The number of amides is 1. The van der Waals surface area contributed by atoms with Gasteiger partial charge in [0, 0.05) is 6.54 Å². The molecule has 116 valence electrons. The molecule has 1 rings (SSSR count). The molecule has 0 aliphatic rings. The second-order valence-electron chi connectivity index (χ2n) is 4.97. The Kier molecular flexibility index (Phi) is 6.67. The Labute approximate surface area is 140 Å². The molecule has 0 radical (unpaired) electrons. The van der Waals surface area contributed by atoms with Gasteiger partial charge in [-0.15, -0.1) is 0 Å². The highest BCUT2D eigenvalue weighted by molar-refractivity contribution is 9.11. The van der Waals surface area contributed by atoms with Gasteiger partial charge in [0.05, 0.1) is 14.5 Å². The van der Waals surface area contributed by atoms with E-state index in [1.807, 2.05) is 13.8 Å². The Bertz CT molecular complexity index is 523. The minimum Gasteiger partial charge on any atom is -0.479 e. The molecule has 0 aliphatic carbocycles. The van der Waals surface area contributed by atoms with E-state index in [0.717, 1.165) is 0 Å². The van der Waals surface area contributed by atoms with E-state index in [1.165, 1.54) is 12.1 Å². The van der Waals surface area contributed by atoms with Gasteiger partial charge in [0.2, 0.25) is 0 Å². The summed E-state index contributed by atoms with van der Waals surface area (Å²) in [6.45, 7) is 6.22. The number of ether oxygens (including phenoxy) is 1. The summed E-state index contributed by atoms with van der Waals surface area (Å²) in [6.07, 6.45) is -0.688. The van der Waals surface area contributed by atoms with E-state index < -0.39 is 12.1 Å². The van der Waals surface area contributed by atoms with Gasteiger partial charge in [-0.1, -0.05) is 13.8 Å². The maximum absolute atomic E-state index is 11.9. The number of carbonyl (C=O) groups is 2. The topological polar surface area (TPSA) is 75.6 Å². The Hall–Kier alpha value is -1.08. The van der Waals surface area contributed by atoms with Gasteiger partial charge in [-0.2, -0.15) is 0 Å². The van der Waals surface area contributed by atoms with Crippen LogP contribution in [0.1, 0.15) is 31.1 Å². The molecular weight excluding hydrogens is 406 g/mol. The lowest BCUT2D eigenvalue weighted by molar-refractivity contribution is -0.127. The molecule has 7 heteroatoms. The summed E-state index contributed by atoms with van der Waals surface area (Å²) in [5, 5.41) is 11.8. The van der Waals surface area contributed by atoms with Gasteiger partial charge < -0.3 is 15.2 Å². The predicted molar refractivity (Wildman–Crippen MR) is 86.7 cm³/mol. The summed E-state index contributed by atoms with van der Waals surface area (Å²) in [5.74, 6) is -0.503. The number of hydrogen-bond acceptors (Lipinski definition) is 3. The van der Waals surface area contributed by atoms with Crippen LogP contribution in [0.3, 0.4) is 0 Å². The maximum Gasteiger partial charge on any atom is 0.335 e. The summed E-state index contributed by atoms with van der Waals surface area (Å²) in [5.41, 5.74) is 0.123. The molecule has 0 fully saturated rings. The lowest BCUT2D eigenvalue weighted by atomic mass is 10.2. The highest BCUT2D eigenvalue weighted by atomic mass is 79.9. The second-order valence-corrected chi connectivity index (χ2v) is 6.68. The lowest BCUT2D eigenvalue weighted by Gasteiger charge is -2.18. The third kappa shape index (κ3) is 5.32. The van der Waals surface area contributed by atoms with E-state index >= 15 is 0 Å². The molecule has 5 nitrogen and oxygen atoms in total. The standard InChI is InChI=1S/C14H17Br2NO4/c1-7(2)6-17-13(18)8(3)21-12-10(15)4-9(14(19)20)5-11(12)16/h4-5,7-8H,6H2,1-3H3,(H,17,18)(H,19,20). The monoisotopic (exact) mass is 421 g/mol. The Morgan fingerprint density at radius 2 is 1.76 bits per heavy atom. The van der Waals surface area contributed by atoms with Crippen molar-refractivity contribution >= 4 is 43.7 Å². The first-order valence-corrected chi connectivity index (χ1v) is 7.97. The number of benzene rings is 1.